The summed E-state index contributed by atoms with van der Waals surface area (Å²) in [4.78, 5) is 21.5. The Balaban J connectivity index is 0.00000306. The lowest BCUT2D eigenvalue weighted by Gasteiger charge is -2.39. The molecule has 2 aromatic carbocycles. The van der Waals surface area contributed by atoms with E-state index in [9.17, 15) is 4.79 Å². The van der Waals surface area contributed by atoms with E-state index in [0.717, 1.165) is 47.8 Å². The Kier molecular flexibility index (Phi) is 8.03. The Morgan fingerprint density at radius 1 is 1.09 bits per heavy atom. The van der Waals surface area contributed by atoms with E-state index >= 15 is 0 Å². The molecule has 0 saturated carbocycles. The van der Waals surface area contributed by atoms with Crippen molar-refractivity contribution < 1.29 is 14.3 Å². The van der Waals surface area contributed by atoms with Gasteiger partial charge in [-0.05, 0) is 63.7 Å². The number of nitrogens with zero attached hydrogens (tertiary/aromatic N) is 3. The van der Waals surface area contributed by atoms with E-state index in [1.807, 2.05) is 38.1 Å². The second-order valence-electron chi connectivity index (χ2n) is 8.73. The smallest absolute Gasteiger partial charge is 0.253 e. The van der Waals surface area contributed by atoms with Gasteiger partial charge in [-0.15, -0.1) is 12.4 Å². The maximum atomic E-state index is 12.3. The predicted molar refractivity (Wildman–Crippen MR) is 135 cm³/mol. The largest absolute Gasteiger partial charge is 0.490 e. The summed E-state index contributed by atoms with van der Waals surface area (Å²) in [5.74, 6) is 1.88. The number of halogens is 1. The maximum Gasteiger partial charge on any atom is 0.253 e. The highest BCUT2D eigenvalue weighted by atomic mass is 35.5. The minimum atomic E-state index is -0.00194. The Morgan fingerprint density at radius 3 is 2.33 bits per heavy atom. The molecule has 4 rings (SSSR count). The number of aliphatic imine (C=N–C) groups is 1. The first-order valence-electron chi connectivity index (χ1n) is 11.4. The molecule has 33 heavy (non-hydrogen) atoms. The van der Waals surface area contributed by atoms with Crippen LogP contribution in [0.5, 0.6) is 11.5 Å². The van der Waals surface area contributed by atoms with Gasteiger partial charge in [-0.2, -0.15) is 0 Å². The van der Waals surface area contributed by atoms with Crippen molar-refractivity contribution in [1.29, 1.82) is 0 Å². The van der Waals surface area contributed by atoms with Crippen LogP contribution in [0, 0.1) is 0 Å². The summed E-state index contributed by atoms with van der Waals surface area (Å²) in [5.41, 5.74) is 5.03. The average molecular weight is 472 g/mol. The highest BCUT2D eigenvalue weighted by molar-refractivity contribution is 6.15. The summed E-state index contributed by atoms with van der Waals surface area (Å²) in [6.45, 7) is 7.16. The van der Waals surface area contributed by atoms with E-state index in [4.69, 9.17) is 14.5 Å². The van der Waals surface area contributed by atoms with Crippen LogP contribution >= 0.6 is 12.4 Å². The molecule has 2 aliphatic heterocycles. The third kappa shape index (κ3) is 5.02. The molecule has 0 aromatic heterocycles. The summed E-state index contributed by atoms with van der Waals surface area (Å²) in [6.07, 6.45) is 1.03. The number of piperidine rings is 1. The van der Waals surface area contributed by atoms with Crippen LogP contribution in [0.25, 0.3) is 0 Å². The number of hydrogen-bond donors (Lipinski definition) is 0. The topological polar surface area (TPSA) is 54.4 Å². The summed E-state index contributed by atoms with van der Waals surface area (Å²) in [5, 5.41) is 0. The van der Waals surface area contributed by atoms with Crippen molar-refractivity contribution in [2.24, 2.45) is 4.99 Å². The summed E-state index contributed by atoms with van der Waals surface area (Å²) >= 11 is 0. The number of likely N-dealkylation sites (N-methyl/N-ethyl adjacent to an activating group) is 1. The molecule has 0 spiro atoms. The first-order chi connectivity index (χ1) is 15.4. The molecule has 2 heterocycles. The monoisotopic (exact) mass is 471 g/mol. The van der Waals surface area contributed by atoms with Gasteiger partial charge in [0.05, 0.1) is 25.0 Å². The third-order valence-electron chi connectivity index (χ3n) is 6.26. The molecule has 0 bridgehead atoms. The number of amides is 1. The Labute approximate surface area is 203 Å². The van der Waals surface area contributed by atoms with Gasteiger partial charge >= 0.3 is 0 Å². The van der Waals surface area contributed by atoms with E-state index in [-0.39, 0.29) is 24.4 Å². The summed E-state index contributed by atoms with van der Waals surface area (Å²) < 4.78 is 11.9. The van der Waals surface area contributed by atoms with Gasteiger partial charge < -0.3 is 19.3 Å². The molecule has 1 saturated heterocycles. The van der Waals surface area contributed by atoms with Gasteiger partial charge in [-0.3, -0.25) is 9.79 Å². The van der Waals surface area contributed by atoms with E-state index < -0.39 is 0 Å². The molecular formula is C26H34ClN3O3. The van der Waals surface area contributed by atoms with Gasteiger partial charge in [-0.25, -0.2) is 0 Å². The SMILES string of the molecule is CCOc1cc2c(cc1OCC)C1CN(C)CCC1N=C2c1ccc(C(=O)N(C)C)cc1.Cl. The van der Waals surface area contributed by atoms with Crippen molar-refractivity contribution in [1.82, 2.24) is 9.80 Å². The van der Waals surface area contributed by atoms with Crippen LogP contribution < -0.4 is 9.47 Å². The first-order valence-corrected chi connectivity index (χ1v) is 11.4. The van der Waals surface area contributed by atoms with Gasteiger partial charge in [-0.1, -0.05) is 12.1 Å². The molecule has 178 valence electrons. The van der Waals surface area contributed by atoms with Crippen molar-refractivity contribution >= 4 is 24.0 Å². The van der Waals surface area contributed by atoms with E-state index in [2.05, 4.69) is 24.1 Å². The lowest BCUT2D eigenvalue weighted by Crippen LogP contribution is -2.41. The van der Waals surface area contributed by atoms with E-state index in [1.54, 1.807) is 19.0 Å². The minimum absolute atomic E-state index is 0. The number of rotatable bonds is 6. The average Bonchev–Trinajstić information content (AvgIpc) is 2.79. The second kappa shape index (κ2) is 10.6. The number of benzene rings is 2. The molecule has 0 radical (unpaired) electrons. The van der Waals surface area contributed by atoms with Crippen LogP contribution in [-0.2, 0) is 0 Å². The van der Waals surface area contributed by atoms with Gasteiger partial charge in [0.1, 0.15) is 0 Å². The molecule has 2 unspecified atom stereocenters. The van der Waals surface area contributed by atoms with Crippen LogP contribution in [-0.4, -0.2) is 74.9 Å². The molecule has 2 aliphatic rings. The zero-order chi connectivity index (χ0) is 22.8. The second-order valence-corrected chi connectivity index (χ2v) is 8.73. The number of fused-ring (bicyclic) bond motifs is 3. The quantitative estimate of drug-likeness (QED) is 0.632. The molecule has 1 amide bonds. The number of carbonyl (C=O) groups excluding carboxylic acids is 1. The minimum Gasteiger partial charge on any atom is -0.490 e. The van der Waals surface area contributed by atoms with Crippen LogP contribution in [0.4, 0.5) is 0 Å². The lowest BCUT2D eigenvalue weighted by molar-refractivity contribution is 0.0827. The maximum absolute atomic E-state index is 12.3. The van der Waals surface area contributed by atoms with Crippen LogP contribution in [0.3, 0.4) is 0 Å². The fourth-order valence-corrected chi connectivity index (χ4v) is 4.68. The Morgan fingerprint density at radius 2 is 1.73 bits per heavy atom. The standard InChI is InChI=1S/C26H33N3O3.ClH/c1-6-31-23-14-19-20(15-24(23)32-7-2)25(27-22-12-13-29(5)16-21(19)22)17-8-10-18(11-9-17)26(30)28(3)4;/h8-11,14-15,21-22H,6-7,12-13,16H2,1-5H3;1H. The number of likely N-dealkylation sites (tertiary alicyclic amines) is 1. The van der Waals surface area contributed by atoms with Gasteiger partial charge in [0, 0.05) is 43.2 Å². The first kappa shape index (κ1) is 25.1. The molecule has 6 nitrogen and oxygen atoms in total. The van der Waals surface area contributed by atoms with Crippen molar-refractivity contribution in [2.45, 2.75) is 32.2 Å². The summed E-state index contributed by atoms with van der Waals surface area (Å²) in [6, 6.07) is 12.3. The van der Waals surface area contributed by atoms with E-state index in [1.165, 1.54) is 5.56 Å². The van der Waals surface area contributed by atoms with Crippen LogP contribution in [0.2, 0.25) is 0 Å². The highest BCUT2D eigenvalue weighted by Crippen LogP contribution is 2.42. The van der Waals surface area contributed by atoms with Crippen molar-refractivity contribution in [2.75, 3.05) is 47.4 Å². The van der Waals surface area contributed by atoms with Crippen LogP contribution in [0.1, 0.15) is 53.2 Å². The number of carbonyl (C=O) groups is 1. The van der Waals surface area contributed by atoms with Crippen LogP contribution in [0.15, 0.2) is 41.4 Å². The van der Waals surface area contributed by atoms with Gasteiger partial charge in [0.2, 0.25) is 0 Å². The lowest BCUT2D eigenvalue weighted by atomic mass is 9.79. The summed E-state index contributed by atoms with van der Waals surface area (Å²) in [7, 11) is 5.71. The Bertz CT molecular complexity index is 1020. The molecule has 2 atom stereocenters. The normalized spacial score (nSPS) is 19.5. The zero-order valence-corrected chi connectivity index (χ0v) is 20.9. The fraction of sp³-hybridized carbons (Fsp3) is 0.462. The molecule has 2 aromatic rings. The predicted octanol–water partition coefficient (Wildman–Crippen LogP) is 4.25. The molecule has 7 heteroatoms. The highest BCUT2D eigenvalue weighted by Gasteiger charge is 2.36. The van der Waals surface area contributed by atoms with Gasteiger partial charge in [0.25, 0.3) is 5.91 Å². The third-order valence-corrected chi connectivity index (χ3v) is 6.26. The number of ether oxygens (including phenoxy) is 2. The van der Waals surface area contributed by atoms with E-state index in [0.29, 0.717) is 24.7 Å². The van der Waals surface area contributed by atoms with Crippen molar-refractivity contribution in [3.63, 3.8) is 0 Å². The fourth-order valence-electron chi connectivity index (χ4n) is 4.68. The number of hydrogen-bond acceptors (Lipinski definition) is 5. The Hall–Kier alpha value is -2.57. The molecule has 0 aliphatic carbocycles. The van der Waals surface area contributed by atoms with Gasteiger partial charge in [0.15, 0.2) is 11.5 Å². The molecule has 1 fully saturated rings. The van der Waals surface area contributed by atoms with Crippen molar-refractivity contribution in [3.8, 4) is 11.5 Å². The zero-order valence-electron chi connectivity index (χ0n) is 20.1. The molecular weight excluding hydrogens is 438 g/mol. The molecule has 0 N–H and O–H groups in total. The van der Waals surface area contributed by atoms with Crippen molar-refractivity contribution in [3.05, 3.63) is 58.7 Å².